The molecule has 2 fully saturated rings. The summed E-state index contributed by atoms with van der Waals surface area (Å²) >= 11 is 8.28. The molecule has 0 spiro atoms. The number of rotatable bonds is 10. The molecule has 1 aliphatic heterocycles. The molecule has 1 saturated carbocycles. The third kappa shape index (κ3) is 6.41. The van der Waals surface area contributed by atoms with Crippen molar-refractivity contribution in [2.75, 3.05) is 33.2 Å². The van der Waals surface area contributed by atoms with Crippen molar-refractivity contribution in [3.05, 3.63) is 113 Å². The van der Waals surface area contributed by atoms with E-state index in [-0.39, 0.29) is 5.41 Å². The highest BCUT2D eigenvalue weighted by molar-refractivity contribution is 7.97. The molecule has 1 saturated heterocycles. The summed E-state index contributed by atoms with van der Waals surface area (Å²) in [6.45, 7) is 4.25. The van der Waals surface area contributed by atoms with Crippen molar-refractivity contribution in [1.82, 2.24) is 19.3 Å². The van der Waals surface area contributed by atoms with Gasteiger partial charge in [-0.3, -0.25) is 0 Å². The van der Waals surface area contributed by atoms with Crippen LogP contribution >= 0.6 is 23.5 Å². The average Bonchev–Trinajstić information content (AvgIpc) is 3.42. The van der Waals surface area contributed by atoms with E-state index in [0.717, 1.165) is 55.8 Å². The van der Waals surface area contributed by atoms with E-state index in [1.807, 2.05) is 36.2 Å². The van der Waals surface area contributed by atoms with Gasteiger partial charge in [0.15, 0.2) is 5.82 Å². The second kappa shape index (κ2) is 11.8. The lowest BCUT2D eigenvalue weighted by atomic mass is 9.92. The lowest BCUT2D eigenvalue weighted by Crippen LogP contribution is -2.37. The Hall–Kier alpha value is -2.64. The summed E-state index contributed by atoms with van der Waals surface area (Å²) in [5.74, 6) is 2.55. The zero-order chi connectivity index (χ0) is 26.7. The molecule has 0 unspecified atom stereocenters. The average molecular weight is 559 g/mol. The molecule has 3 aromatic carbocycles. The minimum Gasteiger partial charge on any atom is -0.339 e. The molecule has 1 aromatic heterocycles. The Labute approximate surface area is 240 Å². The third-order valence-corrected chi connectivity index (χ3v) is 9.40. The van der Waals surface area contributed by atoms with Gasteiger partial charge in [0, 0.05) is 40.8 Å². The molecule has 39 heavy (non-hydrogen) atoms. The summed E-state index contributed by atoms with van der Waals surface area (Å²) < 4.78 is 8.09. The number of hydrogen-bond acceptors (Lipinski definition) is 6. The molecule has 5 nitrogen and oxygen atoms in total. The highest BCUT2D eigenvalue weighted by Gasteiger charge is 2.56. The van der Waals surface area contributed by atoms with E-state index in [1.165, 1.54) is 22.4 Å². The number of aromatic nitrogens is 2. The maximum Gasteiger partial charge on any atom is 0.229 e. The van der Waals surface area contributed by atoms with Gasteiger partial charge in [-0.15, -0.1) is 0 Å². The van der Waals surface area contributed by atoms with E-state index in [2.05, 4.69) is 82.1 Å². The molecule has 7 heteroatoms. The Kier molecular flexibility index (Phi) is 8.07. The normalized spacial score (nSPS) is 21.9. The fraction of sp³-hybridized carbons (Fsp3) is 0.375. The molecule has 2 atom stereocenters. The monoisotopic (exact) mass is 558 g/mol. The maximum absolute atomic E-state index is 6.46. The summed E-state index contributed by atoms with van der Waals surface area (Å²) in [6, 6.07) is 29.5. The van der Waals surface area contributed by atoms with Gasteiger partial charge in [0.25, 0.3) is 0 Å². The molecule has 0 N–H and O–H groups in total. The molecule has 2 aliphatic rings. The van der Waals surface area contributed by atoms with Crippen molar-refractivity contribution < 1.29 is 4.52 Å². The zero-order valence-electron chi connectivity index (χ0n) is 22.4. The molecule has 4 aromatic rings. The standard InChI is InChI=1S/C32H35ClN4OS/c1-36(39-29-13-6-3-7-14-29)23-32(26-11-8-12-28(33)20-26)21-27(32)22-37-17-15-25(16-18-37)31-34-30(35-38-31)19-24-9-4-2-5-10-24/h2-14,20,25,27H,15-19,21-23H2,1H3/t27-,32+/m0/s1. The molecule has 0 radical (unpaired) electrons. The first-order valence-corrected chi connectivity index (χ1v) is 15.0. The van der Waals surface area contributed by atoms with Crippen LogP contribution < -0.4 is 0 Å². The van der Waals surface area contributed by atoms with Gasteiger partial charge < -0.3 is 9.42 Å². The number of nitrogens with zero attached hydrogens (tertiary/aromatic N) is 4. The number of hydrogen-bond donors (Lipinski definition) is 0. The Morgan fingerprint density at radius 3 is 2.49 bits per heavy atom. The van der Waals surface area contributed by atoms with Crippen LogP contribution in [0.4, 0.5) is 0 Å². The van der Waals surface area contributed by atoms with Crippen molar-refractivity contribution in [2.24, 2.45) is 5.92 Å². The van der Waals surface area contributed by atoms with Crippen LogP contribution in [0, 0.1) is 5.92 Å². The Morgan fingerprint density at radius 2 is 1.74 bits per heavy atom. The number of halogens is 1. The van der Waals surface area contributed by atoms with Crippen molar-refractivity contribution in [1.29, 1.82) is 0 Å². The molecule has 6 rings (SSSR count). The highest BCUT2D eigenvalue weighted by Crippen LogP contribution is 2.56. The van der Waals surface area contributed by atoms with Crippen LogP contribution in [-0.4, -0.2) is 52.6 Å². The van der Waals surface area contributed by atoms with Crippen LogP contribution in [0.25, 0.3) is 0 Å². The molecule has 0 bridgehead atoms. The largest absolute Gasteiger partial charge is 0.339 e. The minimum absolute atomic E-state index is 0.136. The zero-order valence-corrected chi connectivity index (χ0v) is 24.0. The Morgan fingerprint density at radius 1 is 1.00 bits per heavy atom. The quantitative estimate of drug-likeness (QED) is 0.194. The third-order valence-electron chi connectivity index (χ3n) is 8.25. The molecular formula is C32H35ClN4OS. The first-order valence-electron chi connectivity index (χ1n) is 13.9. The number of piperidine rings is 1. The molecule has 0 amide bonds. The van der Waals surface area contributed by atoms with E-state index in [4.69, 9.17) is 21.1 Å². The Bertz CT molecular complexity index is 1360. The molecule has 202 valence electrons. The van der Waals surface area contributed by atoms with Crippen molar-refractivity contribution >= 4 is 23.5 Å². The van der Waals surface area contributed by atoms with Crippen LogP contribution in [0.2, 0.25) is 5.02 Å². The van der Waals surface area contributed by atoms with Crippen molar-refractivity contribution in [3.8, 4) is 0 Å². The van der Waals surface area contributed by atoms with E-state index in [1.54, 1.807) is 0 Å². The minimum atomic E-state index is 0.136. The van der Waals surface area contributed by atoms with Crippen LogP contribution in [0.3, 0.4) is 0 Å². The second-order valence-electron chi connectivity index (χ2n) is 11.0. The number of benzene rings is 3. The SMILES string of the molecule is CN(C[C@@]1(c2cccc(Cl)c2)C[C@H]1CN1CCC(c2nc(Cc3ccccc3)no2)CC1)Sc1ccccc1. The maximum atomic E-state index is 6.46. The van der Waals surface area contributed by atoms with Crippen LogP contribution in [0.1, 0.15) is 48.0 Å². The van der Waals surface area contributed by atoms with Crippen LogP contribution in [-0.2, 0) is 11.8 Å². The lowest BCUT2D eigenvalue weighted by Gasteiger charge is -2.32. The number of likely N-dealkylation sites (N-methyl/N-ethyl adjacent to an activating group) is 1. The van der Waals surface area contributed by atoms with E-state index >= 15 is 0 Å². The smallest absolute Gasteiger partial charge is 0.229 e. The van der Waals surface area contributed by atoms with Gasteiger partial charge in [-0.25, -0.2) is 4.31 Å². The van der Waals surface area contributed by atoms with Crippen molar-refractivity contribution in [2.45, 2.75) is 41.9 Å². The molecular weight excluding hydrogens is 524 g/mol. The summed E-state index contributed by atoms with van der Waals surface area (Å²) in [4.78, 5) is 8.66. The van der Waals surface area contributed by atoms with Gasteiger partial charge in [-0.2, -0.15) is 4.98 Å². The second-order valence-corrected chi connectivity index (χ2v) is 12.8. The summed E-state index contributed by atoms with van der Waals surface area (Å²) in [7, 11) is 2.21. The van der Waals surface area contributed by atoms with Gasteiger partial charge >= 0.3 is 0 Å². The molecule has 1 aliphatic carbocycles. The summed E-state index contributed by atoms with van der Waals surface area (Å²) in [5.41, 5.74) is 2.71. The van der Waals surface area contributed by atoms with E-state index < -0.39 is 0 Å². The van der Waals surface area contributed by atoms with Gasteiger partial charge in [-0.05, 0) is 92.7 Å². The fourth-order valence-corrected chi connectivity index (χ4v) is 7.23. The van der Waals surface area contributed by atoms with Gasteiger partial charge in [0.1, 0.15) is 0 Å². The summed E-state index contributed by atoms with van der Waals surface area (Å²) in [6.07, 6.45) is 4.04. The van der Waals surface area contributed by atoms with E-state index in [0.29, 0.717) is 18.3 Å². The lowest BCUT2D eigenvalue weighted by molar-refractivity contribution is 0.183. The molecule has 2 heterocycles. The Balaban J connectivity index is 1.06. The van der Waals surface area contributed by atoms with E-state index in [9.17, 15) is 0 Å². The summed E-state index contributed by atoms with van der Waals surface area (Å²) in [5, 5.41) is 5.09. The first-order chi connectivity index (χ1) is 19.1. The first kappa shape index (κ1) is 26.6. The fourth-order valence-electron chi connectivity index (χ4n) is 6.11. The topological polar surface area (TPSA) is 45.4 Å². The van der Waals surface area contributed by atoms with Crippen molar-refractivity contribution in [3.63, 3.8) is 0 Å². The predicted octanol–water partition coefficient (Wildman–Crippen LogP) is 7.09. The predicted molar refractivity (Wildman–Crippen MR) is 158 cm³/mol. The van der Waals surface area contributed by atoms with Crippen LogP contribution in [0.5, 0.6) is 0 Å². The highest BCUT2D eigenvalue weighted by atomic mass is 35.5. The van der Waals surface area contributed by atoms with Crippen LogP contribution in [0.15, 0.2) is 94.3 Å². The van der Waals surface area contributed by atoms with Gasteiger partial charge in [0.2, 0.25) is 5.89 Å². The van der Waals surface area contributed by atoms with Gasteiger partial charge in [0.05, 0.1) is 0 Å². The number of likely N-dealkylation sites (tertiary alicyclic amines) is 1. The van der Waals surface area contributed by atoms with Gasteiger partial charge in [-0.1, -0.05) is 77.4 Å².